The monoisotopic (exact) mass is 446 g/mol. The lowest BCUT2D eigenvalue weighted by atomic mass is 9.52. The summed E-state index contributed by atoms with van der Waals surface area (Å²) in [5, 5.41) is 0. The van der Waals surface area contributed by atoms with E-state index in [1.165, 1.54) is 16.7 Å². The Hall–Kier alpha value is -2.26. The van der Waals surface area contributed by atoms with Crippen molar-refractivity contribution in [3.05, 3.63) is 92.0 Å². The molecule has 0 saturated heterocycles. The zero-order chi connectivity index (χ0) is 20.7. The van der Waals surface area contributed by atoms with Gasteiger partial charge in [-0.3, -0.25) is 9.59 Å². The Bertz CT molecular complexity index is 1180. The van der Waals surface area contributed by atoms with Crippen LogP contribution in [0.1, 0.15) is 66.0 Å². The fraction of sp³-hybridized carbons (Fsp3) is 0.308. The molecule has 0 saturated carbocycles. The highest BCUT2D eigenvalue weighted by Gasteiger charge is 2.50. The van der Waals surface area contributed by atoms with Crippen LogP contribution in [0.3, 0.4) is 0 Å². The number of Topliss-reactive ketones (excluding diaryl/α,β-unsaturated/α-hetero) is 2. The van der Waals surface area contributed by atoms with Crippen molar-refractivity contribution in [1.29, 1.82) is 0 Å². The Morgan fingerprint density at radius 1 is 0.897 bits per heavy atom. The topological polar surface area (TPSA) is 34.1 Å². The number of hydrogen-bond donors (Lipinski definition) is 0. The summed E-state index contributed by atoms with van der Waals surface area (Å²) >= 11 is 3.44. The molecule has 3 aliphatic rings. The van der Waals surface area contributed by atoms with Gasteiger partial charge >= 0.3 is 0 Å². The van der Waals surface area contributed by atoms with Gasteiger partial charge in [-0.25, -0.2) is 0 Å². The zero-order valence-corrected chi connectivity index (χ0v) is 18.7. The first kappa shape index (κ1) is 18.7. The van der Waals surface area contributed by atoms with Crippen molar-refractivity contribution in [2.75, 3.05) is 0 Å². The third kappa shape index (κ3) is 2.40. The first-order valence-corrected chi connectivity index (χ1v) is 10.9. The lowest BCUT2D eigenvalue weighted by molar-refractivity contribution is 0.0967. The van der Waals surface area contributed by atoms with E-state index in [4.69, 9.17) is 0 Å². The van der Waals surface area contributed by atoms with Crippen molar-refractivity contribution in [3.8, 4) is 0 Å². The van der Waals surface area contributed by atoms with Gasteiger partial charge < -0.3 is 0 Å². The summed E-state index contributed by atoms with van der Waals surface area (Å²) in [7, 11) is 0. The highest BCUT2D eigenvalue weighted by atomic mass is 79.9. The van der Waals surface area contributed by atoms with E-state index in [9.17, 15) is 9.59 Å². The van der Waals surface area contributed by atoms with Crippen LogP contribution < -0.4 is 0 Å². The molecule has 2 aromatic rings. The second-order valence-corrected chi connectivity index (χ2v) is 10.4. The summed E-state index contributed by atoms with van der Waals surface area (Å²) < 4.78 is 0.821. The van der Waals surface area contributed by atoms with Crippen LogP contribution in [0, 0.1) is 5.92 Å². The number of carbonyl (C=O) groups excluding carboxylic acids is 2. The maximum atomic E-state index is 13.4. The Labute approximate surface area is 179 Å². The lowest BCUT2D eigenvalue weighted by Crippen LogP contribution is -2.46. The molecule has 0 fully saturated rings. The number of halogens is 1. The van der Waals surface area contributed by atoms with Crippen molar-refractivity contribution < 1.29 is 9.59 Å². The average molecular weight is 447 g/mol. The van der Waals surface area contributed by atoms with Gasteiger partial charge in [0.25, 0.3) is 0 Å². The molecule has 2 nitrogen and oxygen atoms in total. The molecule has 0 aromatic heterocycles. The number of ketones is 2. The van der Waals surface area contributed by atoms with E-state index in [-0.39, 0.29) is 28.3 Å². The summed E-state index contributed by atoms with van der Waals surface area (Å²) in [4.78, 5) is 26.7. The molecule has 2 aromatic carbocycles. The molecule has 3 aliphatic carbocycles. The molecule has 1 atom stereocenters. The predicted molar refractivity (Wildman–Crippen MR) is 119 cm³/mol. The molecule has 146 valence electrons. The molecule has 0 aliphatic heterocycles. The number of fused-ring (bicyclic) bond motifs is 3. The molecule has 3 heteroatoms. The third-order valence-corrected chi connectivity index (χ3v) is 7.78. The molecule has 29 heavy (non-hydrogen) atoms. The number of rotatable bonds is 0. The molecular weight excluding hydrogens is 424 g/mol. The summed E-state index contributed by atoms with van der Waals surface area (Å²) in [6, 6.07) is 14.0. The molecule has 0 radical (unpaired) electrons. The fourth-order valence-corrected chi connectivity index (χ4v) is 5.95. The molecule has 5 rings (SSSR count). The summed E-state index contributed by atoms with van der Waals surface area (Å²) in [6.45, 7) is 9.02. The Morgan fingerprint density at radius 2 is 1.59 bits per heavy atom. The van der Waals surface area contributed by atoms with Gasteiger partial charge in [-0.05, 0) is 47.1 Å². The second-order valence-electron chi connectivity index (χ2n) is 9.49. The van der Waals surface area contributed by atoms with Gasteiger partial charge in [0, 0.05) is 32.2 Å². The maximum Gasteiger partial charge on any atom is 0.194 e. The van der Waals surface area contributed by atoms with Crippen LogP contribution in [0.2, 0.25) is 0 Å². The number of benzene rings is 2. The van der Waals surface area contributed by atoms with Crippen LogP contribution in [0.15, 0.2) is 69.7 Å². The molecule has 0 heterocycles. The minimum Gasteiger partial charge on any atom is -0.289 e. The molecule has 1 unspecified atom stereocenters. The van der Waals surface area contributed by atoms with E-state index in [2.05, 4.69) is 67.9 Å². The van der Waals surface area contributed by atoms with Crippen molar-refractivity contribution in [2.24, 2.45) is 5.92 Å². The van der Waals surface area contributed by atoms with E-state index in [1.807, 2.05) is 12.1 Å². The van der Waals surface area contributed by atoms with Crippen LogP contribution >= 0.6 is 15.9 Å². The highest BCUT2D eigenvalue weighted by Crippen LogP contribution is 2.56. The summed E-state index contributed by atoms with van der Waals surface area (Å²) in [5.41, 5.74) is 5.94. The Morgan fingerprint density at radius 3 is 2.31 bits per heavy atom. The van der Waals surface area contributed by atoms with E-state index in [1.54, 1.807) is 12.1 Å². The molecule has 0 amide bonds. The highest BCUT2D eigenvalue weighted by molar-refractivity contribution is 9.10. The molecule has 0 spiro atoms. The first-order valence-electron chi connectivity index (χ1n) is 10.1. The molecule has 0 N–H and O–H groups in total. The van der Waals surface area contributed by atoms with Gasteiger partial charge in [-0.2, -0.15) is 0 Å². The first-order chi connectivity index (χ1) is 13.6. The van der Waals surface area contributed by atoms with Crippen molar-refractivity contribution in [2.45, 2.75) is 44.9 Å². The Kier molecular flexibility index (Phi) is 3.80. The van der Waals surface area contributed by atoms with Gasteiger partial charge in [0.15, 0.2) is 11.6 Å². The van der Waals surface area contributed by atoms with Crippen molar-refractivity contribution in [3.63, 3.8) is 0 Å². The predicted octanol–water partition coefficient (Wildman–Crippen LogP) is 6.34. The zero-order valence-electron chi connectivity index (χ0n) is 17.1. The molecular formula is C26H23BrO2. The largest absolute Gasteiger partial charge is 0.289 e. The average Bonchev–Trinajstić information content (AvgIpc) is 2.70. The molecule has 0 bridgehead atoms. The minimum absolute atomic E-state index is 0.00124. The van der Waals surface area contributed by atoms with Gasteiger partial charge in [0.1, 0.15) is 0 Å². The number of carbonyl (C=O) groups is 2. The van der Waals surface area contributed by atoms with Gasteiger partial charge in [0.05, 0.1) is 0 Å². The van der Waals surface area contributed by atoms with Gasteiger partial charge in [-0.1, -0.05) is 79.5 Å². The van der Waals surface area contributed by atoms with E-state index in [0.717, 1.165) is 4.47 Å². The van der Waals surface area contributed by atoms with Gasteiger partial charge in [0.2, 0.25) is 0 Å². The van der Waals surface area contributed by atoms with E-state index >= 15 is 0 Å². The summed E-state index contributed by atoms with van der Waals surface area (Å²) in [6.07, 6.45) is 2.66. The van der Waals surface area contributed by atoms with Crippen LogP contribution in [0.4, 0.5) is 0 Å². The van der Waals surface area contributed by atoms with E-state index < -0.39 is 0 Å². The minimum atomic E-state index is -0.182. The van der Waals surface area contributed by atoms with Crippen LogP contribution in [0.25, 0.3) is 0 Å². The third-order valence-electron chi connectivity index (χ3n) is 7.29. The van der Waals surface area contributed by atoms with Crippen molar-refractivity contribution >= 4 is 27.5 Å². The second kappa shape index (κ2) is 5.89. The van der Waals surface area contributed by atoms with Gasteiger partial charge in [-0.15, -0.1) is 0 Å². The number of allylic oxidation sites excluding steroid dienone is 4. The normalized spacial score (nSPS) is 23.6. The van der Waals surface area contributed by atoms with Crippen LogP contribution in [0.5, 0.6) is 0 Å². The maximum absolute atomic E-state index is 13.4. The van der Waals surface area contributed by atoms with Crippen LogP contribution in [-0.2, 0) is 10.8 Å². The summed E-state index contributed by atoms with van der Waals surface area (Å²) in [5.74, 6) is 0.163. The van der Waals surface area contributed by atoms with Crippen LogP contribution in [-0.4, -0.2) is 11.6 Å². The lowest BCUT2D eigenvalue weighted by Gasteiger charge is -2.51. The Balaban J connectivity index is 1.74. The quantitative estimate of drug-likeness (QED) is 0.472. The van der Waals surface area contributed by atoms with E-state index in [0.29, 0.717) is 28.7 Å². The standard InChI is InChI=1S/C26H23BrO2/c1-25(2)19-7-5-6-8-20(19)26(3,4)22-13-18-17(12-21(22)25)23(28)15-10-9-14(27)11-16(15)24(18)29/h5-12,22H,13H2,1-4H3. The smallest absolute Gasteiger partial charge is 0.194 e. The van der Waals surface area contributed by atoms with Crippen molar-refractivity contribution in [1.82, 2.24) is 0 Å². The number of hydrogen-bond acceptors (Lipinski definition) is 2. The fourth-order valence-electron chi connectivity index (χ4n) is 5.59. The SMILES string of the molecule is CC1(C)C2=CC3=C(CC2C(C)(C)c2ccccc21)C(=O)c1cc(Br)ccc1C3=O.